The number of para-hydroxylation sites is 1. The molecular weight excluding hydrogens is 316 g/mol. The van der Waals surface area contributed by atoms with Crippen molar-refractivity contribution in [2.24, 2.45) is 0 Å². The van der Waals surface area contributed by atoms with Crippen LogP contribution in [0.1, 0.15) is 12.3 Å². The van der Waals surface area contributed by atoms with Crippen molar-refractivity contribution >= 4 is 5.91 Å². The van der Waals surface area contributed by atoms with Crippen LogP contribution >= 0.6 is 0 Å². The number of aryl methyl sites for hydroxylation is 1. The van der Waals surface area contributed by atoms with Gasteiger partial charge < -0.3 is 14.5 Å². The number of hydrogen-bond acceptors (Lipinski definition) is 4. The molecule has 0 aliphatic heterocycles. The zero-order valence-corrected chi connectivity index (χ0v) is 13.9. The lowest BCUT2D eigenvalue weighted by Crippen LogP contribution is -2.28. The summed E-state index contributed by atoms with van der Waals surface area (Å²) in [5.74, 6) is 2.03. The fourth-order valence-corrected chi connectivity index (χ4v) is 2.35. The van der Waals surface area contributed by atoms with E-state index in [0.717, 1.165) is 11.3 Å². The Morgan fingerprint density at radius 2 is 1.76 bits per heavy atom. The summed E-state index contributed by atoms with van der Waals surface area (Å²) >= 11 is 0. The number of ether oxygens (including phenoxy) is 1. The summed E-state index contributed by atoms with van der Waals surface area (Å²) < 4.78 is 11.2. The number of rotatable bonds is 8. The second kappa shape index (κ2) is 8.68. The van der Waals surface area contributed by atoms with Gasteiger partial charge in [0.05, 0.1) is 12.7 Å². The van der Waals surface area contributed by atoms with E-state index < -0.39 is 0 Å². The number of nitrogens with zero attached hydrogens (tertiary/aromatic N) is 1. The predicted molar refractivity (Wildman–Crippen MR) is 95.2 cm³/mol. The molecule has 0 fully saturated rings. The summed E-state index contributed by atoms with van der Waals surface area (Å²) in [6.45, 7) is 0.904. The van der Waals surface area contributed by atoms with Crippen molar-refractivity contribution in [3.05, 3.63) is 72.8 Å². The molecule has 0 radical (unpaired) electrons. The Hall–Kier alpha value is -3.08. The lowest BCUT2D eigenvalue weighted by molar-refractivity contribution is -0.121. The highest BCUT2D eigenvalue weighted by Gasteiger charge is 2.08. The van der Waals surface area contributed by atoms with Crippen LogP contribution in [0, 0.1) is 0 Å². The number of hydrogen-bond donors (Lipinski definition) is 1. The van der Waals surface area contributed by atoms with Crippen molar-refractivity contribution < 1.29 is 13.9 Å². The molecule has 0 unspecified atom stereocenters. The maximum absolute atomic E-state index is 11.9. The third-order valence-corrected chi connectivity index (χ3v) is 3.61. The number of nitrogens with one attached hydrogen (secondary N) is 1. The van der Waals surface area contributed by atoms with Crippen molar-refractivity contribution in [1.82, 2.24) is 10.3 Å². The first-order valence-corrected chi connectivity index (χ1v) is 8.26. The number of carbonyl (C=O) groups excluding carboxylic acids is 1. The van der Waals surface area contributed by atoms with Crippen LogP contribution in [-0.4, -0.2) is 24.0 Å². The third kappa shape index (κ3) is 5.21. The molecule has 0 saturated heterocycles. The smallest absolute Gasteiger partial charge is 0.220 e. The molecule has 128 valence electrons. The molecule has 5 nitrogen and oxygen atoms in total. The van der Waals surface area contributed by atoms with Gasteiger partial charge in [0.25, 0.3) is 0 Å². The van der Waals surface area contributed by atoms with Crippen molar-refractivity contribution in [3.8, 4) is 17.1 Å². The zero-order chi connectivity index (χ0) is 17.3. The SMILES string of the molecule is O=C(CCc1ncc(-c2ccccc2)o1)NCCOc1ccccc1. The third-order valence-electron chi connectivity index (χ3n) is 3.61. The van der Waals surface area contributed by atoms with Gasteiger partial charge in [-0.2, -0.15) is 0 Å². The maximum atomic E-state index is 11.9. The van der Waals surface area contributed by atoms with Crippen molar-refractivity contribution in [2.45, 2.75) is 12.8 Å². The number of aromatic nitrogens is 1. The molecule has 5 heteroatoms. The minimum atomic E-state index is -0.0453. The first-order chi connectivity index (χ1) is 12.3. The largest absolute Gasteiger partial charge is 0.492 e. The molecule has 0 saturated carbocycles. The summed E-state index contributed by atoms with van der Waals surface area (Å²) in [4.78, 5) is 16.1. The number of oxazole rings is 1. The molecule has 2 aromatic carbocycles. The van der Waals surface area contributed by atoms with E-state index in [0.29, 0.717) is 37.6 Å². The summed E-state index contributed by atoms with van der Waals surface area (Å²) in [6, 6.07) is 19.3. The van der Waals surface area contributed by atoms with E-state index in [2.05, 4.69) is 10.3 Å². The topological polar surface area (TPSA) is 64.4 Å². The average molecular weight is 336 g/mol. The van der Waals surface area contributed by atoms with E-state index >= 15 is 0 Å². The molecule has 0 spiro atoms. The molecule has 0 aliphatic carbocycles. The van der Waals surface area contributed by atoms with Gasteiger partial charge >= 0.3 is 0 Å². The first-order valence-electron chi connectivity index (χ1n) is 8.26. The Kier molecular flexibility index (Phi) is 5.82. The number of amides is 1. The van der Waals surface area contributed by atoms with Gasteiger partial charge in [0, 0.05) is 18.4 Å². The summed E-state index contributed by atoms with van der Waals surface area (Å²) in [5.41, 5.74) is 0.976. The van der Waals surface area contributed by atoms with Crippen molar-refractivity contribution in [3.63, 3.8) is 0 Å². The Balaban J connectivity index is 1.37. The van der Waals surface area contributed by atoms with Crippen LogP contribution in [0.25, 0.3) is 11.3 Å². The van der Waals surface area contributed by atoms with Crippen molar-refractivity contribution in [2.75, 3.05) is 13.2 Å². The maximum Gasteiger partial charge on any atom is 0.220 e. The minimum Gasteiger partial charge on any atom is -0.492 e. The predicted octanol–water partition coefficient (Wildman–Crippen LogP) is 3.47. The van der Waals surface area contributed by atoms with Gasteiger partial charge in [-0.25, -0.2) is 4.98 Å². The number of carbonyl (C=O) groups is 1. The van der Waals surface area contributed by atoms with Gasteiger partial charge in [-0.15, -0.1) is 0 Å². The van der Waals surface area contributed by atoms with Crippen LogP contribution in [0.3, 0.4) is 0 Å². The van der Waals surface area contributed by atoms with E-state index in [1.54, 1.807) is 6.20 Å². The second-order valence-electron chi connectivity index (χ2n) is 5.50. The van der Waals surface area contributed by atoms with Gasteiger partial charge in [-0.05, 0) is 12.1 Å². The van der Waals surface area contributed by atoms with E-state index in [9.17, 15) is 4.79 Å². The van der Waals surface area contributed by atoms with Crippen LogP contribution < -0.4 is 10.1 Å². The van der Waals surface area contributed by atoms with E-state index in [4.69, 9.17) is 9.15 Å². The summed E-state index contributed by atoms with van der Waals surface area (Å²) in [7, 11) is 0. The van der Waals surface area contributed by atoms with Gasteiger partial charge in [-0.3, -0.25) is 4.79 Å². The quantitative estimate of drug-likeness (QED) is 0.640. The second-order valence-corrected chi connectivity index (χ2v) is 5.50. The number of benzene rings is 2. The monoisotopic (exact) mass is 336 g/mol. The summed E-state index contributed by atoms with van der Waals surface area (Å²) in [5, 5.41) is 2.83. The Bertz CT molecular complexity index is 785. The molecule has 3 aromatic rings. The lowest BCUT2D eigenvalue weighted by atomic mass is 10.2. The first kappa shape index (κ1) is 16.8. The highest BCUT2D eigenvalue weighted by Crippen LogP contribution is 2.20. The molecule has 0 atom stereocenters. The van der Waals surface area contributed by atoms with Gasteiger partial charge in [0.1, 0.15) is 12.4 Å². The van der Waals surface area contributed by atoms with Gasteiger partial charge in [-0.1, -0.05) is 48.5 Å². The van der Waals surface area contributed by atoms with Crippen LogP contribution in [0.15, 0.2) is 71.3 Å². The molecule has 25 heavy (non-hydrogen) atoms. The van der Waals surface area contributed by atoms with Gasteiger partial charge in [0.15, 0.2) is 11.7 Å². The van der Waals surface area contributed by atoms with E-state index in [1.165, 1.54) is 0 Å². The molecule has 3 rings (SSSR count). The zero-order valence-electron chi connectivity index (χ0n) is 13.9. The molecule has 0 aliphatic rings. The minimum absolute atomic E-state index is 0.0453. The molecule has 1 N–H and O–H groups in total. The van der Waals surface area contributed by atoms with E-state index in [-0.39, 0.29) is 5.91 Å². The van der Waals surface area contributed by atoms with Crippen LogP contribution in [0.5, 0.6) is 5.75 Å². The normalized spacial score (nSPS) is 10.4. The highest BCUT2D eigenvalue weighted by molar-refractivity contribution is 5.76. The van der Waals surface area contributed by atoms with Crippen LogP contribution in [0.4, 0.5) is 0 Å². The molecule has 0 bridgehead atoms. The van der Waals surface area contributed by atoms with Gasteiger partial charge in [0.2, 0.25) is 5.91 Å². The van der Waals surface area contributed by atoms with Crippen LogP contribution in [-0.2, 0) is 11.2 Å². The molecule has 1 heterocycles. The fraction of sp³-hybridized carbons (Fsp3) is 0.200. The molecule has 1 aromatic heterocycles. The molecule has 1 amide bonds. The lowest BCUT2D eigenvalue weighted by Gasteiger charge is -2.07. The van der Waals surface area contributed by atoms with Crippen molar-refractivity contribution in [1.29, 1.82) is 0 Å². The molecular formula is C20H20N2O3. The summed E-state index contributed by atoms with van der Waals surface area (Å²) in [6.07, 6.45) is 2.49. The Morgan fingerprint density at radius 3 is 2.52 bits per heavy atom. The highest BCUT2D eigenvalue weighted by atomic mass is 16.5. The average Bonchev–Trinajstić information content (AvgIpc) is 3.14. The Labute approximate surface area is 146 Å². The standard InChI is InChI=1S/C20H20N2O3/c23-19(21-13-14-24-17-9-5-2-6-10-17)11-12-20-22-15-18(25-20)16-7-3-1-4-8-16/h1-10,15H,11-14H2,(H,21,23). The van der Waals surface area contributed by atoms with E-state index in [1.807, 2.05) is 60.7 Å². The Morgan fingerprint density at radius 1 is 1.04 bits per heavy atom. The van der Waals surface area contributed by atoms with Crippen LogP contribution in [0.2, 0.25) is 0 Å². The fourth-order valence-electron chi connectivity index (χ4n) is 2.35.